The van der Waals surface area contributed by atoms with Crippen LogP contribution in [-0.2, 0) is 0 Å². The zero-order valence-corrected chi connectivity index (χ0v) is 11.7. The van der Waals surface area contributed by atoms with E-state index in [0.29, 0.717) is 12.2 Å². The largest absolute Gasteiger partial charge is 0.294 e. The molecule has 0 aromatic heterocycles. The first-order valence-corrected chi connectivity index (χ1v) is 6.78. The van der Waals surface area contributed by atoms with Crippen molar-refractivity contribution in [1.82, 2.24) is 0 Å². The van der Waals surface area contributed by atoms with Crippen molar-refractivity contribution in [2.75, 3.05) is 0 Å². The third-order valence-corrected chi connectivity index (χ3v) is 4.31. The van der Waals surface area contributed by atoms with Gasteiger partial charge in [0.25, 0.3) is 0 Å². The first kappa shape index (κ1) is 12.2. The van der Waals surface area contributed by atoms with Gasteiger partial charge in [-0.05, 0) is 48.6 Å². The Bertz CT molecular complexity index is 653. The molecule has 0 fully saturated rings. The molecule has 0 bridgehead atoms. The van der Waals surface area contributed by atoms with Crippen LogP contribution in [0, 0.1) is 20.8 Å². The molecule has 0 amide bonds. The highest BCUT2D eigenvalue weighted by atomic mass is 16.1. The van der Waals surface area contributed by atoms with Crippen LogP contribution in [0.25, 0.3) is 0 Å². The third-order valence-electron chi connectivity index (χ3n) is 4.31. The van der Waals surface area contributed by atoms with E-state index in [1.165, 1.54) is 22.3 Å². The van der Waals surface area contributed by atoms with Crippen LogP contribution in [-0.4, -0.2) is 5.78 Å². The average molecular weight is 250 g/mol. The molecular formula is C18H18O. The highest BCUT2D eigenvalue weighted by molar-refractivity contribution is 6.03. The van der Waals surface area contributed by atoms with Crippen LogP contribution in [0.15, 0.2) is 36.4 Å². The summed E-state index contributed by atoms with van der Waals surface area (Å²) in [5.41, 5.74) is 7.10. The molecule has 1 unspecified atom stereocenters. The molecule has 0 radical (unpaired) electrons. The summed E-state index contributed by atoms with van der Waals surface area (Å²) in [5.74, 6) is 0.538. The van der Waals surface area contributed by atoms with Crippen LogP contribution in [0.1, 0.15) is 50.5 Å². The molecule has 1 aliphatic rings. The van der Waals surface area contributed by atoms with Gasteiger partial charge in [-0.2, -0.15) is 0 Å². The molecule has 0 N–H and O–H groups in total. The van der Waals surface area contributed by atoms with Crippen LogP contribution in [0.2, 0.25) is 0 Å². The van der Waals surface area contributed by atoms with Gasteiger partial charge in [0.2, 0.25) is 0 Å². The van der Waals surface area contributed by atoms with Gasteiger partial charge < -0.3 is 0 Å². The molecule has 2 aromatic carbocycles. The Hall–Kier alpha value is -1.89. The summed E-state index contributed by atoms with van der Waals surface area (Å²) < 4.78 is 0. The Balaban J connectivity index is 2.23. The predicted molar refractivity (Wildman–Crippen MR) is 77.9 cm³/mol. The zero-order valence-electron chi connectivity index (χ0n) is 11.7. The van der Waals surface area contributed by atoms with E-state index in [2.05, 4.69) is 39.0 Å². The highest BCUT2D eigenvalue weighted by Gasteiger charge is 2.33. The maximum absolute atomic E-state index is 12.4. The lowest BCUT2D eigenvalue weighted by Crippen LogP contribution is -2.01. The molecular weight excluding hydrogens is 232 g/mol. The Morgan fingerprint density at radius 1 is 1.00 bits per heavy atom. The van der Waals surface area contributed by atoms with Crippen molar-refractivity contribution < 1.29 is 4.79 Å². The van der Waals surface area contributed by atoms with Crippen molar-refractivity contribution in [1.29, 1.82) is 0 Å². The lowest BCUT2D eigenvalue weighted by atomic mass is 9.88. The molecule has 0 heterocycles. The Kier molecular flexibility index (Phi) is 2.78. The summed E-state index contributed by atoms with van der Waals surface area (Å²) in [7, 11) is 0. The molecule has 96 valence electrons. The van der Waals surface area contributed by atoms with Gasteiger partial charge in [0, 0.05) is 17.9 Å². The van der Waals surface area contributed by atoms with Gasteiger partial charge in [0.1, 0.15) is 0 Å². The van der Waals surface area contributed by atoms with E-state index in [1.54, 1.807) is 0 Å². The van der Waals surface area contributed by atoms with Gasteiger partial charge in [-0.25, -0.2) is 0 Å². The Labute approximate surface area is 114 Å². The third kappa shape index (κ3) is 1.81. The average Bonchev–Trinajstić information content (AvgIpc) is 2.75. The number of hydrogen-bond donors (Lipinski definition) is 0. The SMILES string of the molecule is Cc1cc(C)c2c(c1C)C(=O)CC2c1ccccc1. The van der Waals surface area contributed by atoms with Gasteiger partial charge >= 0.3 is 0 Å². The second-order valence-corrected chi connectivity index (χ2v) is 5.51. The number of benzene rings is 2. The molecule has 3 rings (SSSR count). The van der Waals surface area contributed by atoms with Crippen molar-refractivity contribution in [3.63, 3.8) is 0 Å². The number of Topliss-reactive ketones (excluding diaryl/α,β-unsaturated/α-hetero) is 1. The molecule has 1 nitrogen and oxygen atoms in total. The summed E-state index contributed by atoms with van der Waals surface area (Å²) in [6.45, 7) is 6.28. The fourth-order valence-electron chi connectivity index (χ4n) is 3.27. The van der Waals surface area contributed by atoms with Crippen LogP contribution in [0.4, 0.5) is 0 Å². The normalized spacial score (nSPS) is 17.6. The minimum Gasteiger partial charge on any atom is -0.294 e. The van der Waals surface area contributed by atoms with Crippen molar-refractivity contribution in [3.05, 3.63) is 69.8 Å². The maximum Gasteiger partial charge on any atom is 0.164 e. The topological polar surface area (TPSA) is 17.1 Å². The van der Waals surface area contributed by atoms with Crippen molar-refractivity contribution in [2.45, 2.75) is 33.1 Å². The first-order valence-electron chi connectivity index (χ1n) is 6.78. The van der Waals surface area contributed by atoms with E-state index in [9.17, 15) is 4.79 Å². The molecule has 0 spiro atoms. The summed E-state index contributed by atoms with van der Waals surface area (Å²) >= 11 is 0. The zero-order chi connectivity index (χ0) is 13.6. The quantitative estimate of drug-likeness (QED) is 0.736. The molecule has 1 heteroatoms. The number of rotatable bonds is 1. The molecule has 19 heavy (non-hydrogen) atoms. The van der Waals surface area contributed by atoms with E-state index in [0.717, 1.165) is 11.1 Å². The number of fused-ring (bicyclic) bond motifs is 1. The summed E-state index contributed by atoms with van der Waals surface area (Å²) in [5, 5.41) is 0. The van der Waals surface area contributed by atoms with E-state index in [1.807, 2.05) is 18.2 Å². The fraction of sp³-hybridized carbons (Fsp3) is 0.278. The minimum absolute atomic E-state index is 0.239. The van der Waals surface area contributed by atoms with E-state index in [-0.39, 0.29) is 5.92 Å². The maximum atomic E-state index is 12.4. The van der Waals surface area contributed by atoms with Crippen molar-refractivity contribution in [2.24, 2.45) is 0 Å². The first-order chi connectivity index (χ1) is 9.09. The molecule has 1 atom stereocenters. The Morgan fingerprint density at radius 3 is 2.37 bits per heavy atom. The van der Waals surface area contributed by atoms with Gasteiger partial charge in [-0.1, -0.05) is 36.4 Å². The molecule has 0 saturated carbocycles. The molecule has 0 saturated heterocycles. The number of carbonyl (C=O) groups is 1. The number of hydrogen-bond acceptors (Lipinski definition) is 1. The fourth-order valence-corrected chi connectivity index (χ4v) is 3.27. The minimum atomic E-state index is 0.239. The molecule has 0 aliphatic heterocycles. The van der Waals surface area contributed by atoms with E-state index in [4.69, 9.17) is 0 Å². The molecule has 1 aliphatic carbocycles. The van der Waals surface area contributed by atoms with Gasteiger partial charge in [-0.3, -0.25) is 4.79 Å². The van der Waals surface area contributed by atoms with Gasteiger partial charge in [0.05, 0.1) is 0 Å². The number of aryl methyl sites for hydroxylation is 2. The van der Waals surface area contributed by atoms with Gasteiger partial charge in [0.15, 0.2) is 5.78 Å². The summed E-state index contributed by atoms with van der Waals surface area (Å²) in [6, 6.07) is 12.6. The van der Waals surface area contributed by atoms with Crippen molar-refractivity contribution >= 4 is 5.78 Å². The van der Waals surface area contributed by atoms with Crippen LogP contribution >= 0.6 is 0 Å². The Morgan fingerprint density at radius 2 is 1.68 bits per heavy atom. The standard InChI is InChI=1S/C18H18O/c1-11-9-12(2)17-15(14-7-5-4-6-8-14)10-16(19)18(17)13(11)3/h4-9,15H,10H2,1-3H3. The smallest absolute Gasteiger partial charge is 0.164 e. The monoisotopic (exact) mass is 250 g/mol. The van der Waals surface area contributed by atoms with Gasteiger partial charge in [-0.15, -0.1) is 0 Å². The number of carbonyl (C=O) groups excluding carboxylic acids is 1. The van der Waals surface area contributed by atoms with Crippen LogP contribution < -0.4 is 0 Å². The summed E-state index contributed by atoms with van der Waals surface area (Å²) in [6.07, 6.45) is 0.616. The molecule has 2 aromatic rings. The number of ketones is 1. The van der Waals surface area contributed by atoms with E-state index >= 15 is 0 Å². The van der Waals surface area contributed by atoms with Crippen LogP contribution in [0.5, 0.6) is 0 Å². The lowest BCUT2D eigenvalue weighted by molar-refractivity contribution is 0.0991. The lowest BCUT2D eigenvalue weighted by Gasteiger charge is -2.16. The second-order valence-electron chi connectivity index (χ2n) is 5.51. The van der Waals surface area contributed by atoms with Crippen LogP contribution in [0.3, 0.4) is 0 Å². The predicted octanol–water partition coefficient (Wildman–Crippen LogP) is 4.33. The van der Waals surface area contributed by atoms with E-state index < -0.39 is 0 Å². The summed E-state index contributed by atoms with van der Waals surface area (Å²) in [4.78, 5) is 12.4. The van der Waals surface area contributed by atoms with Crippen molar-refractivity contribution in [3.8, 4) is 0 Å². The second kappa shape index (κ2) is 4.34. The highest BCUT2D eigenvalue weighted by Crippen LogP contribution is 2.42.